The second kappa shape index (κ2) is 15.1. The van der Waals surface area contributed by atoms with Crippen LogP contribution in [0.4, 0.5) is 0 Å². The van der Waals surface area contributed by atoms with Gasteiger partial charge in [-0.15, -0.1) is 0 Å². The van der Waals surface area contributed by atoms with Crippen LogP contribution in [-0.2, 0) is 5.41 Å². The van der Waals surface area contributed by atoms with E-state index in [0.29, 0.717) is 17.6 Å². The zero-order valence-electron chi connectivity index (χ0n) is 37.2. The van der Waals surface area contributed by atoms with E-state index >= 15 is 0 Å². The summed E-state index contributed by atoms with van der Waals surface area (Å²) < 4.78 is 11.4. The highest BCUT2D eigenvalue weighted by Crippen LogP contribution is 2.44. The van der Waals surface area contributed by atoms with E-state index in [-0.39, 0.29) is 5.41 Å². The molecule has 12 aromatic rings. The van der Waals surface area contributed by atoms with Gasteiger partial charge in [0.1, 0.15) is 11.2 Å². The quantitative estimate of drug-likeness (QED) is 0.160. The SMILES string of the molecule is C=Cc1c(/C=C\C)c2ccc3c4ccccc4n(-c4nc(-c5ccccc5)nc(-c5ccc6ccccc6c5)n4)c3c2n1-c1cc(-c2ccc(C(C)(C)C)cc2)c2oc3ccccc3c2c1. The van der Waals surface area contributed by atoms with Crippen LogP contribution in [0.5, 0.6) is 0 Å². The topological polar surface area (TPSA) is 61.7 Å². The number of rotatable bonds is 7. The molecule has 0 aliphatic rings. The first kappa shape index (κ1) is 39.3. The third-order valence-corrected chi connectivity index (χ3v) is 13.0. The number of fused-ring (bicyclic) bond motifs is 9. The van der Waals surface area contributed by atoms with Crippen LogP contribution in [0.15, 0.2) is 187 Å². The second-order valence-corrected chi connectivity index (χ2v) is 18.1. The molecule has 0 bridgehead atoms. The molecule has 6 heteroatoms. The van der Waals surface area contributed by atoms with Crippen LogP contribution in [0, 0.1) is 0 Å². The third-order valence-electron chi connectivity index (χ3n) is 13.0. The zero-order chi connectivity index (χ0) is 44.7. The zero-order valence-corrected chi connectivity index (χ0v) is 37.2. The molecule has 0 amide bonds. The van der Waals surface area contributed by atoms with Crippen LogP contribution in [0.3, 0.4) is 0 Å². The molecule has 6 nitrogen and oxygen atoms in total. The maximum atomic E-state index is 6.75. The summed E-state index contributed by atoms with van der Waals surface area (Å²) >= 11 is 0. The van der Waals surface area contributed by atoms with Gasteiger partial charge in [0.15, 0.2) is 11.6 Å². The fourth-order valence-electron chi connectivity index (χ4n) is 9.83. The van der Waals surface area contributed by atoms with E-state index in [1.165, 1.54) is 5.56 Å². The Kier molecular flexibility index (Phi) is 9.00. The van der Waals surface area contributed by atoms with Crippen molar-refractivity contribution in [2.24, 2.45) is 0 Å². The average Bonchev–Trinajstić information content (AvgIpc) is 4.01. The number of allylic oxidation sites excluding steroid dienone is 1. The molecule has 0 saturated heterocycles. The normalized spacial score (nSPS) is 12.2. The van der Waals surface area contributed by atoms with E-state index in [4.69, 9.17) is 19.4 Å². The summed E-state index contributed by atoms with van der Waals surface area (Å²) in [5.41, 5.74) is 12.9. The first-order valence-corrected chi connectivity index (χ1v) is 22.5. The monoisotopic (exact) mass is 851 g/mol. The Balaban J connectivity index is 1.21. The first-order chi connectivity index (χ1) is 32.3. The molecule has 0 radical (unpaired) electrons. The van der Waals surface area contributed by atoms with Crippen molar-refractivity contribution in [3.8, 4) is 45.5 Å². The van der Waals surface area contributed by atoms with Gasteiger partial charge in [0.05, 0.1) is 22.2 Å². The summed E-state index contributed by atoms with van der Waals surface area (Å²) in [5, 5.41) is 7.65. The molecule has 0 unspecified atom stereocenters. The van der Waals surface area contributed by atoms with Gasteiger partial charge in [-0.3, -0.25) is 4.57 Å². The number of furan rings is 1. The van der Waals surface area contributed by atoms with Gasteiger partial charge in [0.25, 0.3) is 0 Å². The van der Waals surface area contributed by atoms with Gasteiger partial charge >= 0.3 is 0 Å². The second-order valence-electron chi connectivity index (χ2n) is 18.1. The average molecular weight is 852 g/mol. The smallest absolute Gasteiger partial charge is 0.238 e. The minimum atomic E-state index is 0.0155. The molecule has 0 atom stereocenters. The van der Waals surface area contributed by atoms with Crippen molar-refractivity contribution < 1.29 is 4.42 Å². The molecular formula is C60H45N5O. The van der Waals surface area contributed by atoms with Crippen molar-refractivity contribution in [1.82, 2.24) is 24.1 Å². The Morgan fingerprint density at radius 3 is 1.98 bits per heavy atom. The van der Waals surface area contributed by atoms with Gasteiger partial charge in [-0.05, 0) is 70.6 Å². The van der Waals surface area contributed by atoms with Crippen molar-refractivity contribution >= 4 is 77.6 Å². The van der Waals surface area contributed by atoms with Gasteiger partial charge in [0.2, 0.25) is 5.95 Å². The van der Waals surface area contributed by atoms with Gasteiger partial charge in [0, 0.05) is 54.9 Å². The summed E-state index contributed by atoms with van der Waals surface area (Å²) in [6.45, 7) is 13.3. The molecule has 0 N–H and O–H groups in total. The first-order valence-electron chi connectivity index (χ1n) is 22.5. The molecule has 316 valence electrons. The van der Waals surface area contributed by atoms with E-state index in [2.05, 4.69) is 201 Å². The standard InChI is InChI=1S/C60H45N5O/c1-6-17-44-47-32-33-48-45-22-13-15-24-52(45)65(59-62-57(39-19-9-8-10-20-39)61-58(63-59)41-27-26-37-18-11-12-21-40(37)34-41)55(48)54(47)64(51(44)7-2)43-35-49(38-28-30-42(31-29-38)60(3,4)5)56-50(36-43)46-23-14-16-25-53(46)66-56/h6-36H,2H2,1,3-5H3/b17-6-. The van der Waals surface area contributed by atoms with E-state index < -0.39 is 0 Å². The molecule has 0 spiro atoms. The van der Waals surface area contributed by atoms with Crippen molar-refractivity contribution in [2.45, 2.75) is 33.1 Å². The minimum absolute atomic E-state index is 0.0155. The Labute approximate surface area is 382 Å². The third kappa shape index (κ3) is 6.21. The van der Waals surface area contributed by atoms with Crippen molar-refractivity contribution in [3.63, 3.8) is 0 Å². The Morgan fingerprint density at radius 1 is 0.545 bits per heavy atom. The van der Waals surface area contributed by atoms with E-state index in [1.54, 1.807) is 0 Å². The van der Waals surface area contributed by atoms with Crippen LogP contribution in [-0.4, -0.2) is 24.1 Å². The lowest BCUT2D eigenvalue weighted by Crippen LogP contribution is -2.10. The summed E-state index contributed by atoms with van der Waals surface area (Å²) in [5.74, 6) is 1.72. The molecule has 12 rings (SSSR count). The van der Waals surface area contributed by atoms with Crippen molar-refractivity contribution in [3.05, 3.63) is 199 Å². The molecule has 66 heavy (non-hydrogen) atoms. The highest BCUT2D eigenvalue weighted by Gasteiger charge is 2.26. The summed E-state index contributed by atoms with van der Waals surface area (Å²) in [7, 11) is 0. The Morgan fingerprint density at radius 2 is 1.21 bits per heavy atom. The maximum absolute atomic E-state index is 6.75. The van der Waals surface area contributed by atoms with Crippen LogP contribution < -0.4 is 0 Å². The Hall–Kier alpha value is -8.35. The summed E-state index contributed by atoms with van der Waals surface area (Å²) in [6.07, 6.45) is 6.29. The lowest BCUT2D eigenvalue weighted by Gasteiger charge is -2.19. The van der Waals surface area contributed by atoms with Gasteiger partial charge in [-0.2, -0.15) is 9.97 Å². The molecule has 0 fully saturated rings. The number of nitrogens with zero attached hydrogens (tertiary/aromatic N) is 5. The Bertz CT molecular complexity index is 3930. The van der Waals surface area contributed by atoms with Gasteiger partial charge < -0.3 is 8.98 Å². The highest BCUT2D eigenvalue weighted by molar-refractivity contribution is 6.20. The van der Waals surface area contributed by atoms with Crippen molar-refractivity contribution in [2.75, 3.05) is 0 Å². The molecular weight excluding hydrogens is 807 g/mol. The van der Waals surface area contributed by atoms with Gasteiger partial charge in [-0.25, -0.2) is 4.98 Å². The van der Waals surface area contributed by atoms with Crippen molar-refractivity contribution in [1.29, 1.82) is 0 Å². The molecule has 0 aliphatic heterocycles. The largest absolute Gasteiger partial charge is 0.455 e. The van der Waals surface area contributed by atoms with E-state index in [9.17, 15) is 0 Å². The van der Waals surface area contributed by atoms with Crippen LogP contribution in [0.1, 0.15) is 44.5 Å². The predicted molar refractivity (Wildman–Crippen MR) is 276 cm³/mol. The maximum Gasteiger partial charge on any atom is 0.238 e. The van der Waals surface area contributed by atoms with Crippen LogP contribution in [0.2, 0.25) is 0 Å². The van der Waals surface area contributed by atoms with Gasteiger partial charge in [-0.1, -0.05) is 179 Å². The summed E-state index contributed by atoms with van der Waals surface area (Å²) in [6, 6.07) is 59.9. The number of benzene rings is 8. The molecule has 0 aliphatic carbocycles. The molecule has 0 saturated carbocycles. The van der Waals surface area contributed by atoms with E-state index in [0.717, 1.165) is 105 Å². The summed E-state index contributed by atoms with van der Waals surface area (Å²) in [4.78, 5) is 15.9. The lowest BCUT2D eigenvalue weighted by atomic mass is 9.86. The fourth-order valence-corrected chi connectivity index (χ4v) is 9.83. The highest BCUT2D eigenvalue weighted by atomic mass is 16.3. The van der Waals surface area contributed by atoms with Crippen LogP contribution in [0.25, 0.3) is 123 Å². The lowest BCUT2D eigenvalue weighted by molar-refractivity contribution is 0.590. The van der Waals surface area contributed by atoms with Crippen LogP contribution >= 0.6 is 0 Å². The molecule has 4 heterocycles. The molecule has 8 aromatic carbocycles. The number of aromatic nitrogens is 5. The minimum Gasteiger partial charge on any atom is -0.455 e. The fraction of sp³-hybridized carbons (Fsp3) is 0.0833. The van der Waals surface area contributed by atoms with E-state index in [1.807, 2.05) is 30.3 Å². The number of hydrogen-bond donors (Lipinski definition) is 0. The molecule has 4 aromatic heterocycles. The number of para-hydroxylation sites is 2. The predicted octanol–water partition coefficient (Wildman–Crippen LogP) is 15.9. The number of hydrogen-bond acceptors (Lipinski definition) is 4.